The Morgan fingerprint density at radius 1 is 1.17 bits per heavy atom. The van der Waals surface area contributed by atoms with Crippen LogP contribution in [-0.2, 0) is 10.0 Å². The SMILES string of the molecule is COc1ncc(Cl)c2nc(S(=O)(=O)Nc3c(Cl)cccc3Cl)nn12. The van der Waals surface area contributed by atoms with Crippen LogP contribution in [0.2, 0.25) is 15.1 Å². The summed E-state index contributed by atoms with van der Waals surface area (Å²) in [6.07, 6.45) is 1.28. The van der Waals surface area contributed by atoms with Crippen LogP contribution < -0.4 is 9.46 Å². The lowest BCUT2D eigenvalue weighted by Crippen LogP contribution is -2.15. The van der Waals surface area contributed by atoms with Gasteiger partial charge in [-0.05, 0) is 12.1 Å². The van der Waals surface area contributed by atoms with E-state index in [1.54, 1.807) is 6.07 Å². The number of anilines is 1. The van der Waals surface area contributed by atoms with Gasteiger partial charge in [0.05, 0.1) is 29.0 Å². The highest BCUT2D eigenvalue weighted by Gasteiger charge is 2.25. The number of aromatic nitrogens is 4. The van der Waals surface area contributed by atoms with Gasteiger partial charge in [-0.2, -0.15) is 17.9 Å². The second-order valence-corrected chi connectivity index (χ2v) is 7.22. The van der Waals surface area contributed by atoms with Gasteiger partial charge in [0, 0.05) is 0 Å². The van der Waals surface area contributed by atoms with Gasteiger partial charge in [-0.15, -0.1) is 5.10 Å². The summed E-state index contributed by atoms with van der Waals surface area (Å²) >= 11 is 17.9. The number of halogens is 3. The van der Waals surface area contributed by atoms with Gasteiger partial charge in [0.1, 0.15) is 5.02 Å². The summed E-state index contributed by atoms with van der Waals surface area (Å²) in [5, 5.41) is 3.71. The first-order valence-electron chi connectivity index (χ1n) is 6.25. The number of benzene rings is 1. The highest BCUT2D eigenvalue weighted by Crippen LogP contribution is 2.31. The minimum atomic E-state index is -4.17. The van der Waals surface area contributed by atoms with E-state index in [2.05, 4.69) is 19.8 Å². The average molecular weight is 409 g/mol. The lowest BCUT2D eigenvalue weighted by molar-refractivity contribution is 0.366. The van der Waals surface area contributed by atoms with Crippen molar-refractivity contribution in [2.75, 3.05) is 11.8 Å². The molecule has 24 heavy (non-hydrogen) atoms. The van der Waals surface area contributed by atoms with Gasteiger partial charge >= 0.3 is 6.01 Å². The van der Waals surface area contributed by atoms with Crippen molar-refractivity contribution in [3.05, 3.63) is 39.5 Å². The van der Waals surface area contributed by atoms with E-state index in [1.807, 2.05) is 0 Å². The van der Waals surface area contributed by atoms with Crippen LogP contribution in [0, 0.1) is 0 Å². The first kappa shape index (κ1) is 17.0. The summed E-state index contributed by atoms with van der Waals surface area (Å²) in [6.45, 7) is 0. The minimum absolute atomic E-state index is 0.0240. The van der Waals surface area contributed by atoms with Crippen molar-refractivity contribution in [3.8, 4) is 6.01 Å². The Bertz CT molecular complexity index is 1020. The van der Waals surface area contributed by atoms with Gasteiger partial charge in [-0.1, -0.05) is 40.9 Å². The molecule has 12 heteroatoms. The van der Waals surface area contributed by atoms with Crippen molar-refractivity contribution in [1.29, 1.82) is 0 Å². The molecule has 0 aliphatic heterocycles. The lowest BCUT2D eigenvalue weighted by atomic mass is 10.3. The molecule has 0 spiro atoms. The molecule has 0 saturated heterocycles. The molecule has 1 N–H and O–H groups in total. The maximum absolute atomic E-state index is 12.5. The van der Waals surface area contributed by atoms with Gasteiger partial charge in [-0.25, -0.2) is 4.98 Å². The molecular weight excluding hydrogens is 401 g/mol. The molecule has 2 aromatic heterocycles. The predicted molar refractivity (Wildman–Crippen MR) is 89.6 cm³/mol. The molecule has 3 rings (SSSR count). The highest BCUT2D eigenvalue weighted by molar-refractivity contribution is 7.92. The van der Waals surface area contributed by atoms with Crippen LogP contribution in [0.15, 0.2) is 29.6 Å². The molecule has 0 bridgehead atoms. The quantitative estimate of drug-likeness (QED) is 0.713. The molecule has 126 valence electrons. The number of nitrogens with zero attached hydrogens (tertiary/aromatic N) is 4. The van der Waals surface area contributed by atoms with E-state index >= 15 is 0 Å². The Morgan fingerprint density at radius 3 is 2.46 bits per heavy atom. The van der Waals surface area contributed by atoms with E-state index in [4.69, 9.17) is 39.5 Å². The van der Waals surface area contributed by atoms with Crippen molar-refractivity contribution in [2.24, 2.45) is 0 Å². The highest BCUT2D eigenvalue weighted by atomic mass is 35.5. The third-order valence-corrected chi connectivity index (χ3v) is 4.92. The van der Waals surface area contributed by atoms with Crippen LogP contribution >= 0.6 is 34.8 Å². The summed E-state index contributed by atoms with van der Waals surface area (Å²) in [7, 11) is -2.81. The van der Waals surface area contributed by atoms with E-state index < -0.39 is 15.2 Å². The summed E-state index contributed by atoms with van der Waals surface area (Å²) < 4.78 is 33.4. The Labute approximate surface area is 151 Å². The fourth-order valence-corrected chi connectivity index (χ4v) is 3.58. The molecule has 0 aliphatic carbocycles. The fraction of sp³-hybridized carbons (Fsp3) is 0.0833. The number of ether oxygens (including phenoxy) is 1. The first-order valence-corrected chi connectivity index (χ1v) is 8.87. The van der Waals surface area contributed by atoms with Gasteiger partial charge in [-0.3, -0.25) is 4.72 Å². The molecule has 0 amide bonds. The Morgan fingerprint density at radius 2 is 1.83 bits per heavy atom. The van der Waals surface area contributed by atoms with Crippen LogP contribution in [-0.4, -0.2) is 35.1 Å². The van der Waals surface area contributed by atoms with Crippen molar-refractivity contribution in [3.63, 3.8) is 0 Å². The number of fused-ring (bicyclic) bond motifs is 1. The Balaban J connectivity index is 2.11. The average Bonchev–Trinajstić information content (AvgIpc) is 2.99. The van der Waals surface area contributed by atoms with E-state index in [9.17, 15) is 8.42 Å². The summed E-state index contributed by atoms with van der Waals surface area (Å²) in [4.78, 5) is 7.79. The second-order valence-electron chi connectivity index (χ2n) is 4.42. The monoisotopic (exact) mass is 407 g/mol. The number of hydrogen-bond acceptors (Lipinski definition) is 6. The fourth-order valence-electron chi connectivity index (χ4n) is 1.83. The second kappa shape index (κ2) is 6.25. The summed E-state index contributed by atoms with van der Waals surface area (Å²) in [5.41, 5.74) is 0.102. The molecule has 0 radical (unpaired) electrons. The molecule has 0 atom stereocenters. The normalized spacial score (nSPS) is 11.7. The Kier molecular flexibility index (Phi) is 4.43. The largest absolute Gasteiger partial charge is 0.467 e. The molecule has 3 aromatic rings. The molecule has 8 nitrogen and oxygen atoms in total. The molecule has 0 saturated carbocycles. The van der Waals surface area contributed by atoms with Crippen LogP contribution in [0.25, 0.3) is 5.65 Å². The van der Waals surface area contributed by atoms with Crippen LogP contribution in [0.4, 0.5) is 5.69 Å². The molecular formula is C12H8Cl3N5O3S. The van der Waals surface area contributed by atoms with E-state index in [1.165, 1.54) is 25.4 Å². The van der Waals surface area contributed by atoms with Crippen molar-refractivity contribution in [2.45, 2.75) is 5.16 Å². The Hall–Kier alpha value is -1.81. The number of hydrogen-bond donors (Lipinski definition) is 1. The lowest BCUT2D eigenvalue weighted by Gasteiger charge is -2.08. The standard InChI is InChI=1S/C12H8Cl3N5O3S/c1-23-12-16-5-8(15)10-17-11(18-20(10)12)24(21,22)19-9-6(13)3-2-4-7(9)14/h2-5,19H,1H3. The maximum Gasteiger partial charge on any atom is 0.319 e. The molecule has 0 aliphatic rings. The van der Waals surface area contributed by atoms with Gasteiger partial charge in [0.15, 0.2) is 5.65 Å². The minimum Gasteiger partial charge on any atom is -0.467 e. The van der Waals surface area contributed by atoms with E-state index in [-0.39, 0.29) is 32.4 Å². The zero-order valence-corrected chi connectivity index (χ0v) is 14.9. The third-order valence-electron chi connectivity index (χ3n) is 2.89. The topological polar surface area (TPSA) is 98.5 Å². The van der Waals surface area contributed by atoms with Crippen LogP contribution in [0.5, 0.6) is 6.01 Å². The van der Waals surface area contributed by atoms with Crippen molar-refractivity contribution in [1.82, 2.24) is 19.6 Å². The van der Waals surface area contributed by atoms with Gasteiger partial charge in [0.25, 0.3) is 15.2 Å². The third kappa shape index (κ3) is 2.95. The van der Waals surface area contributed by atoms with Gasteiger partial charge in [0.2, 0.25) is 0 Å². The number of nitrogens with one attached hydrogen (secondary N) is 1. The van der Waals surface area contributed by atoms with Crippen LogP contribution in [0.1, 0.15) is 0 Å². The molecule has 1 aromatic carbocycles. The van der Waals surface area contributed by atoms with Crippen molar-refractivity contribution < 1.29 is 13.2 Å². The molecule has 0 unspecified atom stereocenters. The maximum atomic E-state index is 12.5. The summed E-state index contributed by atoms with van der Waals surface area (Å²) in [5.74, 6) is 0. The number of sulfonamides is 1. The number of rotatable bonds is 4. The number of methoxy groups -OCH3 is 1. The van der Waals surface area contributed by atoms with Crippen LogP contribution in [0.3, 0.4) is 0 Å². The van der Waals surface area contributed by atoms with E-state index in [0.717, 1.165) is 4.52 Å². The smallest absolute Gasteiger partial charge is 0.319 e. The van der Waals surface area contributed by atoms with E-state index in [0.29, 0.717) is 0 Å². The van der Waals surface area contributed by atoms with Gasteiger partial charge < -0.3 is 4.74 Å². The first-order chi connectivity index (χ1) is 11.3. The zero-order chi connectivity index (χ0) is 17.5. The zero-order valence-electron chi connectivity index (χ0n) is 11.9. The predicted octanol–water partition coefficient (Wildman–Crippen LogP) is 2.89. The molecule has 0 fully saturated rings. The number of para-hydroxylation sites is 1. The van der Waals surface area contributed by atoms with Crippen molar-refractivity contribution >= 4 is 56.2 Å². The summed E-state index contributed by atoms with van der Waals surface area (Å²) in [6, 6.07) is 4.60. The molecule has 2 heterocycles.